The molecule has 1 aliphatic heterocycles. The van der Waals surface area contributed by atoms with E-state index in [1.165, 1.54) is 0 Å². The Labute approximate surface area is 142 Å². The number of rotatable bonds is 8. The van der Waals surface area contributed by atoms with Crippen LogP contribution in [0.5, 0.6) is 11.5 Å². The molecular weight excluding hydrogens is 312 g/mol. The number of nitrogens with one attached hydrogen (secondary N) is 1. The number of thioether (sulfide) groups is 1. The van der Waals surface area contributed by atoms with Crippen LogP contribution in [0.3, 0.4) is 0 Å². The van der Waals surface area contributed by atoms with Crippen molar-refractivity contribution in [2.24, 2.45) is 0 Å². The highest BCUT2D eigenvalue weighted by atomic mass is 32.2. The predicted octanol–water partition coefficient (Wildman–Crippen LogP) is 2.40. The smallest absolute Gasteiger partial charge is 0.223 e. The summed E-state index contributed by atoms with van der Waals surface area (Å²) in [4.78, 5) is 15.5. The molecule has 6 heteroatoms. The highest BCUT2D eigenvalue weighted by Gasteiger charge is 2.27. The molecule has 23 heavy (non-hydrogen) atoms. The molecule has 1 amide bonds. The van der Waals surface area contributed by atoms with Crippen LogP contribution in [0.4, 0.5) is 0 Å². The van der Waals surface area contributed by atoms with Crippen molar-refractivity contribution in [2.75, 3.05) is 40.1 Å². The average molecular weight is 338 g/mol. The van der Waals surface area contributed by atoms with Crippen LogP contribution < -0.4 is 14.8 Å². The van der Waals surface area contributed by atoms with Crippen molar-refractivity contribution < 1.29 is 14.3 Å². The molecule has 0 spiro atoms. The minimum atomic E-state index is 0.260. The Morgan fingerprint density at radius 3 is 2.83 bits per heavy atom. The van der Waals surface area contributed by atoms with Crippen LogP contribution in [0.25, 0.3) is 0 Å². The van der Waals surface area contributed by atoms with Crippen LogP contribution in [0.15, 0.2) is 23.1 Å². The third-order valence-electron chi connectivity index (χ3n) is 4.08. The molecule has 1 atom stereocenters. The molecular formula is C17H26N2O3S. The van der Waals surface area contributed by atoms with Gasteiger partial charge in [0, 0.05) is 36.2 Å². The molecule has 1 unspecified atom stereocenters. The quantitative estimate of drug-likeness (QED) is 0.738. The molecule has 1 aromatic carbocycles. The molecule has 0 bridgehead atoms. The number of hydrogen-bond acceptors (Lipinski definition) is 5. The number of likely N-dealkylation sites (tertiary alicyclic amines) is 1. The summed E-state index contributed by atoms with van der Waals surface area (Å²) in [5, 5.41) is 3.18. The third-order valence-corrected chi connectivity index (χ3v) is 5.07. The zero-order valence-electron chi connectivity index (χ0n) is 14.1. The van der Waals surface area contributed by atoms with Crippen molar-refractivity contribution in [3.8, 4) is 11.5 Å². The Morgan fingerprint density at radius 2 is 2.13 bits per heavy atom. The number of carbonyl (C=O) groups is 1. The van der Waals surface area contributed by atoms with Crippen molar-refractivity contribution in [1.82, 2.24) is 10.2 Å². The average Bonchev–Trinajstić information content (AvgIpc) is 3.03. The normalized spacial score (nSPS) is 17.3. The summed E-state index contributed by atoms with van der Waals surface area (Å²) in [6.45, 7) is 1.78. The summed E-state index contributed by atoms with van der Waals surface area (Å²) in [7, 11) is 5.19. The lowest BCUT2D eigenvalue weighted by Crippen LogP contribution is -2.40. The van der Waals surface area contributed by atoms with E-state index in [1.54, 1.807) is 26.0 Å². The van der Waals surface area contributed by atoms with E-state index in [0.29, 0.717) is 12.5 Å². The second-order valence-electron chi connectivity index (χ2n) is 5.56. The van der Waals surface area contributed by atoms with Gasteiger partial charge in [0.15, 0.2) is 11.5 Å². The number of amides is 1. The van der Waals surface area contributed by atoms with Crippen LogP contribution in [-0.2, 0) is 4.79 Å². The van der Waals surface area contributed by atoms with Gasteiger partial charge in [0.25, 0.3) is 0 Å². The van der Waals surface area contributed by atoms with Gasteiger partial charge < -0.3 is 19.7 Å². The molecule has 1 fully saturated rings. The summed E-state index contributed by atoms with van der Waals surface area (Å²) in [6, 6.07) is 6.20. The molecule has 5 nitrogen and oxygen atoms in total. The first-order valence-electron chi connectivity index (χ1n) is 7.98. The van der Waals surface area contributed by atoms with Gasteiger partial charge in [-0.05, 0) is 38.1 Å². The van der Waals surface area contributed by atoms with Gasteiger partial charge in [-0.2, -0.15) is 0 Å². The lowest BCUT2D eigenvalue weighted by Gasteiger charge is -2.24. The first-order valence-corrected chi connectivity index (χ1v) is 8.97. The van der Waals surface area contributed by atoms with Gasteiger partial charge in [-0.25, -0.2) is 0 Å². The number of hydrogen-bond donors (Lipinski definition) is 1. The van der Waals surface area contributed by atoms with E-state index in [4.69, 9.17) is 9.47 Å². The lowest BCUT2D eigenvalue weighted by atomic mass is 10.2. The second-order valence-corrected chi connectivity index (χ2v) is 6.72. The Bertz CT molecular complexity index is 525. The van der Waals surface area contributed by atoms with Crippen LogP contribution in [-0.4, -0.2) is 57.0 Å². The largest absolute Gasteiger partial charge is 0.493 e. The molecule has 1 saturated heterocycles. The molecule has 1 N–H and O–H groups in total. The summed E-state index contributed by atoms with van der Waals surface area (Å²) in [6.07, 6.45) is 2.79. The van der Waals surface area contributed by atoms with Crippen LogP contribution >= 0.6 is 11.8 Å². The van der Waals surface area contributed by atoms with Crippen molar-refractivity contribution >= 4 is 17.7 Å². The van der Waals surface area contributed by atoms with Gasteiger partial charge in [-0.1, -0.05) is 0 Å². The fourth-order valence-electron chi connectivity index (χ4n) is 2.92. The molecule has 1 aliphatic rings. The van der Waals surface area contributed by atoms with Crippen molar-refractivity contribution in [3.63, 3.8) is 0 Å². The molecule has 2 rings (SSSR count). The maximum absolute atomic E-state index is 12.4. The highest BCUT2D eigenvalue weighted by Crippen LogP contribution is 2.32. The summed E-state index contributed by atoms with van der Waals surface area (Å²) >= 11 is 1.67. The van der Waals surface area contributed by atoms with Gasteiger partial charge in [0.05, 0.1) is 14.2 Å². The van der Waals surface area contributed by atoms with Crippen molar-refractivity contribution in [1.29, 1.82) is 0 Å². The summed E-state index contributed by atoms with van der Waals surface area (Å²) < 4.78 is 10.5. The first-order chi connectivity index (χ1) is 11.2. The Balaban J connectivity index is 1.83. The first kappa shape index (κ1) is 17.9. The topological polar surface area (TPSA) is 50.8 Å². The Morgan fingerprint density at radius 1 is 1.35 bits per heavy atom. The Kier molecular flexibility index (Phi) is 7.05. The van der Waals surface area contributed by atoms with Crippen molar-refractivity contribution in [3.05, 3.63) is 18.2 Å². The van der Waals surface area contributed by atoms with Gasteiger partial charge in [-0.3, -0.25) is 4.79 Å². The minimum absolute atomic E-state index is 0.260. The predicted molar refractivity (Wildman–Crippen MR) is 93.5 cm³/mol. The number of likely N-dealkylation sites (N-methyl/N-ethyl adjacent to an activating group) is 1. The molecule has 0 aliphatic carbocycles. The molecule has 1 heterocycles. The molecule has 0 aromatic heterocycles. The van der Waals surface area contributed by atoms with Crippen molar-refractivity contribution in [2.45, 2.75) is 30.2 Å². The van der Waals surface area contributed by atoms with Gasteiger partial charge in [-0.15, -0.1) is 11.8 Å². The SMILES string of the molecule is CNCC1CCCN1C(=O)CCSc1ccc(OC)c(OC)c1. The van der Waals surface area contributed by atoms with Gasteiger partial charge >= 0.3 is 0 Å². The van der Waals surface area contributed by atoms with E-state index in [0.717, 1.165) is 48.1 Å². The van der Waals surface area contributed by atoms with E-state index in [1.807, 2.05) is 30.1 Å². The van der Waals surface area contributed by atoms with Gasteiger partial charge in [0.2, 0.25) is 5.91 Å². The van der Waals surface area contributed by atoms with E-state index < -0.39 is 0 Å². The lowest BCUT2D eigenvalue weighted by molar-refractivity contribution is -0.131. The number of benzene rings is 1. The minimum Gasteiger partial charge on any atom is -0.493 e. The highest BCUT2D eigenvalue weighted by molar-refractivity contribution is 7.99. The van der Waals surface area contributed by atoms with Crippen LogP contribution in [0.1, 0.15) is 19.3 Å². The van der Waals surface area contributed by atoms with Crippen LogP contribution in [0.2, 0.25) is 0 Å². The molecule has 0 radical (unpaired) electrons. The second kappa shape index (κ2) is 9.03. The zero-order chi connectivity index (χ0) is 16.7. The third kappa shape index (κ3) is 4.78. The maximum Gasteiger partial charge on any atom is 0.223 e. The molecule has 0 saturated carbocycles. The van der Waals surface area contributed by atoms with E-state index in [2.05, 4.69) is 5.32 Å². The summed E-state index contributed by atoms with van der Waals surface area (Å²) in [5.74, 6) is 2.48. The molecule has 1 aromatic rings. The maximum atomic E-state index is 12.4. The van der Waals surface area contributed by atoms with E-state index in [-0.39, 0.29) is 5.91 Å². The monoisotopic (exact) mass is 338 g/mol. The standard InChI is InChI=1S/C17H26N2O3S/c1-18-12-13-5-4-9-19(13)17(20)8-10-23-14-6-7-15(21-2)16(11-14)22-3/h6-7,11,13,18H,4-5,8-10,12H2,1-3H3. The number of ether oxygens (including phenoxy) is 2. The fourth-order valence-corrected chi connectivity index (χ4v) is 3.79. The van der Waals surface area contributed by atoms with Crippen LogP contribution in [0, 0.1) is 0 Å². The van der Waals surface area contributed by atoms with Gasteiger partial charge in [0.1, 0.15) is 0 Å². The fraction of sp³-hybridized carbons (Fsp3) is 0.588. The molecule has 128 valence electrons. The zero-order valence-corrected chi connectivity index (χ0v) is 14.9. The Hall–Kier alpha value is -1.40. The van der Waals surface area contributed by atoms with E-state index in [9.17, 15) is 4.79 Å². The number of carbonyl (C=O) groups excluding carboxylic acids is 1. The summed E-state index contributed by atoms with van der Waals surface area (Å²) in [5.41, 5.74) is 0. The van der Waals surface area contributed by atoms with E-state index >= 15 is 0 Å². The number of nitrogens with zero attached hydrogens (tertiary/aromatic N) is 1. The number of methoxy groups -OCH3 is 2.